The van der Waals surface area contributed by atoms with E-state index in [0.717, 1.165) is 42.1 Å². The summed E-state index contributed by atoms with van der Waals surface area (Å²) >= 11 is 1.64. The number of urea groups is 1. The number of carboxylic acids is 1. The lowest BCUT2D eigenvalue weighted by atomic mass is 9.79. The normalized spacial score (nSPS) is 16.6. The van der Waals surface area contributed by atoms with Gasteiger partial charge in [0, 0.05) is 37.1 Å². The largest absolute Gasteiger partial charge is 0.481 e. The monoisotopic (exact) mass is 563 g/mol. The number of piperidine rings is 1. The Labute approximate surface area is 239 Å². The molecule has 1 aromatic heterocycles. The van der Waals surface area contributed by atoms with E-state index < -0.39 is 11.5 Å². The van der Waals surface area contributed by atoms with Crippen LogP contribution in [0.3, 0.4) is 0 Å². The minimum Gasteiger partial charge on any atom is -0.481 e. The van der Waals surface area contributed by atoms with Crippen LogP contribution < -0.4 is 9.64 Å². The number of amides is 2. The Balaban J connectivity index is 0.000000867. The van der Waals surface area contributed by atoms with Crippen molar-refractivity contribution < 1.29 is 24.2 Å². The van der Waals surface area contributed by atoms with E-state index in [9.17, 15) is 9.59 Å². The molecule has 40 heavy (non-hydrogen) atoms. The van der Waals surface area contributed by atoms with Crippen LogP contribution in [0.15, 0.2) is 72.1 Å². The molecule has 8 nitrogen and oxygen atoms in total. The third-order valence-corrected chi connectivity index (χ3v) is 7.98. The molecule has 2 fully saturated rings. The van der Waals surface area contributed by atoms with Gasteiger partial charge in [0.1, 0.15) is 17.0 Å². The maximum Gasteiger partial charge on any atom is 0.321 e. The number of ketones is 1. The van der Waals surface area contributed by atoms with Crippen LogP contribution in [0.4, 0.5) is 10.5 Å². The van der Waals surface area contributed by atoms with Crippen LogP contribution >= 0.6 is 11.3 Å². The van der Waals surface area contributed by atoms with Crippen molar-refractivity contribution in [3.63, 3.8) is 0 Å². The molecule has 3 heterocycles. The third kappa shape index (κ3) is 7.01. The molecule has 0 unspecified atom stereocenters. The van der Waals surface area contributed by atoms with Crippen molar-refractivity contribution in [2.45, 2.75) is 45.7 Å². The maximum absolute atomic E-state index is 13.6. The highest BCUT2D eigenvalue weighted by molar-refractivity contribution is 7.09. The SMILES string of the molecule is CC(=O)O.CC(C)CN1CC(=O)C2(CCN(c3ccc(Oc4ccccc4)cc3)CC2)N(Cc2cccs2)C1=O. The van der Waals surface area contributed by atoms with Crippen LogP contribution in [-0.4, -0.2) is 64.4 Å². The van der Waals surface area contributed by atoms with Crippen molar-refractivity contribution in [2.75, 3.05) is 31.1 Å². The number of Topliss-reactive ketones (excluding diaryl/α,β-unsaturated/α-hetero) is 1. The van der Waals surface area contributed by atoms with Crippen molar-refractivity contribution in [1.29, 1.82) is 0 Å². The van der Waals surface area contributed by atoms with E-state index in [4.69, 9.17) is 14.6 Å². The summed E-state index contributed by atoms with van der Waals surface area (Å²) in [5.41, 5.74) is 0.368. The average molecular weight is 564 g/mol. The molecular weight excluding hydrogens is 526 g/mol. The minimum absolute atomic E-state index is 0.00689. The number of carboxylic acid groups (broad SMARTS) is 1. The van der Waals surface area contributed by atoms with Gasteiger partial charge in [0.05, 0.1) is 13.1 Å². The van der Waals surface area contributed by atoms with Gasteiger partial charge < -0.3 is 24.5 Å². The lowest BCUT2D eigenvalue weighted by molar-refractivity contribution is -0.136. The van der Waals surface area contributed by atoms with Crippen LogP contribution in [0.2, 0.25) is 0 Å². The van der Waals surface area contributed by atoms with Gasteiger partial charge >= 0.3 is 6.03 Å². The van der Waals surface area contributed by atoms with Gasteiger partial charge in [0.2, 0.25) is 0 Å². The molecule has 2 amide bonds. The van der Waals surface area contributed by atoms with E-state index in [-0.39, 0.29) is 18.4 Å². The summed E-state index contributed by atoms with van der Waals surface area (Å²) in [7, 11) is 0. The summed E-state index contributed by atoms with van der Waals surface area (Å²) in [6, 6.07) is 21.9. The predicted octanol–water partition coefficient (Wildman–Crippen LogP) is 6.13. The number of hydrogen-bond donors (Lipinski definition) is 1. The number of thiophene rings is 1. The summed E-state index contributed by atoms with van der Waals surface area (Å²) < 4.78 is 5.93. The molecule has 3 aromatic rings. The highest BCUT2D eigenvalue weighted by Crippen LogP contribution is 2.38. The van der Waals surface area contributed by atoms with Crippen molar-refractivity contribution in [3.8, 4) is 11.5 Å². The van der Waals surface area contributed by atoms with Gasteiger partial charge in [-0.05, 0) is 66.6 Å². The zero-order valence-corrected chi connectivity index (χ0v) is 24.1. The van der Waals surface area contributed by atoms with E-state index in [1.165, 1.54) is 0 Å². The number of ether oxygens (including phenoxy) is 1. The van der Waals surface area contributed by atoms with Crippen LogP contribution in [0, 0.1) is 5.92 Å². The second kappa shape index (κ2) is 13.0. The van der Waals surface area contributed by atoms with Crippen LogP contribution in [0.25, 0.3) is 0 Å². The van der Waals surface area contributed by atoms with Gasteiger partial charge in [-0.1, -0.05) is 38.1 Å². The number of para-hydroxylation sites is 1. The topological polar surface area (TPSA) is 90.4 Å². The molecule has 5 rings (SSSR count). The Kier molecular flexibility index (Phi) is 9.47. The fourth-order valence-electron chi connectivity index (χ4n) is 5.29. The number of nitrogens with zero attached hydrogens (tertiary/aromatic N) is 3. The van der Waals surface area contributed by atoms with E-state index in [2.05, 4.69) is 30.9 Å². The first-order valence-electron chi connectivity index (χ1n) is 13.6. The Morgan fingerprint density at radius 3 is 2.17 bits per heavy atom. The zero-order chi connectivity index (χ0) is 28.7. The molecule has 2 aliphatic rings. The van der Waals surface area contributed by atoms with Gasteiger partial charge in [-0.3, -0.25) is 9.59 Å². The Morgan fingerprint density at radius 1 is 0.975 bits per heavy atom. The fourth-order valence-corrected chi connectivity index (χ4v) is 5.98. The number of carbonyl (C=O) groups is 3. The van der Waals surface area contributed by atoms with Gasteiger partial charge in [-0.25, -0.2) is 4.79 Å². The summed E-state index contributed by atoms with van der Waals surface area (Å²) in [6.07, 6.45) is 1.28. The first-order chi connectivity index (χ1) is 19.2. The van der Waals surface area contributed by atoms with Gasteiger partial charge in [0.15, 0.2) is 5.78 Å². The zero-order valence-electron chi connectivity index (χ0n) is 23.3. The van der Waals surface area contributed by atoms with Crippen molar-refractivity contribution >= 4 is 34.8 Å². The third-order valence-electron chi connectivity index (χ3n) is 7.12. The lowest BCUT2D eigenvalue weighted by Gasteiger charge is -2.52. The quantitative estimate of drug-likeness (QED) is 0.372. The summed E-state index contributed by atoms with van der Waals surface area (Å²) in [4.78, 5) is 43.3. The average Bonchev–Trinajstić information content (AvgIpc) is 3.44. The molecule has 0 atom stereocenters. The van der Waals surface area contributed by atoms with E-state index in [1.807, 2.05) is 64.9 Å². The molecule has 2 aliphatic heterocycles. The molecule has 1 spiro atoms. The van der Waals surface area contributed by atoms with Gasteiger partial charge in [-0.2, -0.15) is 0 Å². The van der Waals surface area contributed by atoms with Crippen molar-refractivity contribution in [1.82, 2.24) is 9.80 Å². The smallest absolute Gasteiger partial charge is 0.321 e. The van der Waals surface area contributed by atoms with Crippen LogP contribution in [0.5, 0.6) is 11.5 Å². The standard InChI is InChI=1S/C29H33N3O3S.C2H4O2/c1-22(2)19-31-21-27(33)29(32(28(31)34)20-26-9-6-18-36-26)14-16-30(17-15-29)23-10-12-25(13-11-23)35-24-7-4-3-5-8-24;1-2(3)4/h3-13,18,22H,14-17,19-21H2,1-2H3;1H3,(H,3,4). The number of rotatable bonds is 7. The van der Waals surface area contributed by atoms with E-state index in [1.54, 1.807) is 16.2 Å². The number of anilines is 1. The first-order valence-corrected chi connectivity index (χ1v) is 14.5. The van der Waals surface area contributed by atoms with E-state index in [0.29, 0.717) is 31.8 Å². The summed E-state index contributed by atoms with van der Waals surface area (Å²) in [5.74, 6) is 1.25. The second-order valence-corrected chi connectivity index (χ2v) is 11.6. The molecular formula is C31H37N3O5S. The molecule has 2 saturated heterocycles. The highest BCUT2D eigenvalue weighted by Gasteiger charge is 2.52. The summed E-state index contributed by atoms with van der Waals surface area (Å²) in [6.45, 7) is 8.00. The molecule has 212 valence electrons. The Bertz CT molecular complexity index is 1270. The predicted molar refractivity (Wildman–Crippen MR) is 157 cm³/mol. The molecule has 1 N–H and O–H groups in total. The number of carbonyl (C=O) groups excluding carboxylic acids is 2. The molecule has 0 aliphatic carbocycles. The maximum atomic E-state index is 13.6. The van der Waals surface area contributed by atoms with Crippen LogP contribution in [0.1, 0.15) is 38.5 Å². The molecule has 2 aromatic carbocycles. The van der Waals surface area contributed by atoms with Crippen molar-refractivity contribution in [2.24, 2.45) is 5.92 Å². The van der Waals surface area contributed by atoms with Crippen molar-refractivity contribution in [3.05, 3.63) is 77.0 Å². The fraction of sp³-hybridized carbons (Fsp3) is 0.387. The Morgan fingerprint density at radius 2 is 1.60 bits per heavy atom. The van der Waals surface area contributed by atoms with Crippen LogP contribution in [-0.2, 0) is 16.1 Å². The molecule has 0 saturated carbocycles. The number of hydrogen-bond acceptors (Lipinski definition) is 6. The molecule has 9 heteroatoms. The second-order valence-electron chi connectivity index (χ2n) is 10.6. The highest BCUT2D eigenvalue weighted by atomic mass is 32.1. The number of aliphatic carboxylic acids is 1. The lowest BCUT2D eigenvalue weighted by Crippen LogP contribution is -2.69. The first kappa shape index (κ1) is 29.1. The molecule has 0 bridgehead atoms. The number of benzene rings is 2. The minimum atomic E-state index is -0.833. The van der Waals surface area contributed by atoms with Gasteiger partial charge in [0.25, 0.3) is 5.97 Å². The Hall–Kier alpha value is -3.85. The summed E-state index contributed by atoms with van der Waals surface area (Å²) in [5, 5.41) is 9.44. The molecule has 0 radical (unpaired) electrons. The van der Waals surface area contributed by atoms with E-state index >= 15 is 0 Å². The van der Waals surface area contributed by atoms with Gasteiger partial charge in [-0.15, -0.1) is 11.3 Å².